The Hall–Kier alpha value is -3.37. The largest absolute Gasteiger partial charge is 0.490 e. The van der Waals surface area contributed by atoms with Crippen LogP contribution in [-0.4, -0.2) is 30.9 Å². The van der Waals surface area contributed by atoms with Crippen LogP contribution >= 0.6 is 0 Å². The first-order chi connectivity index (χ1) is 17.0. The molecule has 0 heterocycles. The third kappa shape index (κ3) is 7.83. The van der Waals surface area contributed by atoms with Crippen molar-refractivity contribution in [2.45, 2.75) is 46.0 Å². The SMILES string of the molecule is C=C(C)C(=O)OCCOc1cc(-c2ccc(-c3ccc(CCCCC)cc3)cc2)ccc1CCO. The molecule has 35 heavy (non-hydrogen) atoms. The number of ether oxygens (including phenoxy) is 2. The Morgan fingerprint density at radius 3 is 2.03 bits per heavy atom. The molecule has 0 saturated carbocycles. The van der Waals surface area contributed by atoms with E-state index in [1.165, 1.54) is 36.0 Å². The Morgan fingerprint density at radius 2 is 1.43 bits per heavy atom. The molecule has 3 rings (SSSR count). The number of esters is 1. The summed E-state index contributed by atoms with van der Waals surface area (Å²) in [6.45, 7) is 7.82. The summed E-state index contributed by atoms with van der Waals surface area (Å²) >= 11 is 0. The third-order valence-electron chi connectivity index (χ3n) is 5.95. The number of unbranched alkanes of at least 4 members (excludes halogenated alkanes) is 2. The van der Waals surface area contributed by atoms with E-state index in [1.807, 2.05) is 18.2 Å². The molecule has 0 aromatic heterocycles. The molecular weight excluding hydrogens is 436 g/mol. The smallest absolute Gasteiger partial charge is 0.333 e. The lowest BCUT2D eigenvalue weighted by molar-refractivity contribution is -0.139. The number of aliphatic hydroxyl groups is 1. The lowest BCUT2D eigenvalue weighted by Crippen LogP contribution is -2.13. The lowest BCUT2D eigenvalue weighted by Gasteiger charge is -2.14. The van der Waals surface area contributed by atoms with Crippen LogP contribution in [0.15, 0.2) is 78.9 Å². The first-order valence-electron chi connectivity index (χ1n) is 12.4. The van der Waals surface area contributed by atoms with Crippen LogP contribution in [0.4, 0.5) is 0 Å². The number of carbonyl (C=O) groups is 1. The van der Waals surface area contributed by atoms with Crippen molar-refractivity contribution in [1.29, 1.82) is 0 Å². The molecule has 0 radical (unpaired) electrons. The fourth-order valence-corrected chi connectivity index (χ4v) is 3.90. The molecule has 4 heteroatoms. The van der Waals surface area contributed by atoms with Crippen LogP contribution in [0.2, 0.25) is 0 Å². The molecule has 0 unspecified atom stereocenters. The summed E-state index contributed by atoms with van der Waals surface area (Å²) in [7, 11) is 0. The number of aliphatic hydroxyl groups excluding tert-OH is 1. The van der Waals surface area contributed by atoms with Gasteiger partial charge in [0.2, 0.25) is 0 Å². The van der Waals surface area contributed by atoms with Crippen molar-refractivity contribution in [3.05, 3.63) is 90.0 Å². The summed E-state index contributed by atoms with van der Waals surface area (Å²) in [5.41, 5.74) is 7.17. The normalized spacial score (nSPS) is 10.7. The van der Waals surface area contributed by atoms with E-state index >= 15 is 0 Å². The summed E-state index contributed by atoms with van der Waals surface area (Å²) in [5, 5.41) is 9.41. The highest BCUT2D eigenvalue weighted by Gasteiger charge is 2.09. The zero-order valence-electron chi connectivity index (χ0n) is 20.9. The number of hydrogen-bond donors (Lipinski definition) is 1. The van der Waals surface area contributed by atoms with E-state index in [1.54, 1.807) is 6.92 Å². The Labute approximate surface area is 209 Å². The predicted octanol–water partition coefficient (Wildman–Crippen LogP) is 6.79. The maximum atomic E-state index is 11.6. The molecule has 4 nitrogen and oxygen atoms in total. The standard InChI is InChI=1S/C31H36O4/c1-4-5-6-7-24-8-10-25(11-9-24)26-12-14-27(15-13-26)29-17-16-28(18-19-32)30(22-29)34-20-21-35-31(33)23(2)3/h8-17,22,32H,2,4-7,18-21H2,1,3H3. The molecule has 0 aliphatic heterocycles. The summed E-state index contributed by atoms with van der Waals surface area (Å²) in [5.74, 6) is 0.259. The fraction of sp³-hybridized carbons (Fsp3) is 0.323. The molecule has 0 spiro atoms. The average molecular weight is 473 g/mol. The highest BCUT2D eigenvalue weighted by molar-refractivity contribution is 5.86. The number of rotatable bonds is 13. The van der Waals surface area contributed by atoms with E-state index in [-0.39, 0.29) is 19.8 Å². The van der Waals surface area contributed by atoms with Crippen molar-refractivity contribution in [3.63, 3.8) is 0 Å². The van der Waals surface area contributed by atoms with Gasteiger partial charge >= 0.3 is 5.97 Å². The van der Waals surface area contributed by atoms with Gasteiger partial charge in [-0.15, -0.1) is 0 Å². The number of benzene rings is 3. The number of aryl methyl sites for hydroxylation is 1. The number of hydrogen-bond acceptors (Lipinski definition) is 4. The highest BCUT2D eigenvalue weighted by atomic mass is 16.6. The van der Waals surface area contributed by atoms with Crippen molar-refractivity contribution >= 4 is 5.97 Å². The molecule has 0 saturated heterocycles. The monoisotopic (exact) mass is 472 g/mol. The number of carbonyl (C=O) groups excluding carboxylic acids is 1. The molecule has 3 aromatic rings. The highest BCUT2D eigenvalue weighted by Crippen LogP contribution is 2.30. The average Bonchev–Trinajstić information content (AvgIpc) is 2.88. The van der Waals surface area contributed by atoms with Crippen molar-refractivity contribution < 1.29 is 19.4 Å². The minimum Gasteiger partial charge on any atom is -0.490 e. The Morgan fingerprint density at radius 1 is 0.829 bits per heavy atom. The van der Waals surface area contributed by atoms with Gasteiger partial charge in [-0.1, -0.05) is 87.0 Å². The second-order valence-electron chi connectivity index (χ2n) is 8.79. The van der Waals surface area contributed by atoms with Crippen LogP contribution in [0.1, 0.15) is 44.2 Å². The van der Waals surface area contributed by atoms with Gasteiger partial charge in [-0.2, -0.15) is 0 Å². The molecule has 0 atom stereocenters. The van der Waals surface area contributed by atoms with Gasteiger partial charge in [-0.25, -0.2) is 4.79 Å². The summed E-state index contributed by atoms with van der Waals surface area (Å²) in [6, 6.07) is 23.4. The van der Waals surface area contributed by atoms with Gasteiger partial charge in [0.05, 0.1) is 0 Å². The molecule has 1 N–H and O–H groups in total. The fourth-order valence-electron chi connectivity index (χ4n) is 3.90. The van der Waals surface area contributed by atoms with E-state index in [0.29, 0.717) is 17.7 Å². The Bertz CT molecular complexity index is 1100. The Balaban J connectivity index is 1.69. The molecule has 0 bridgehead atoms. The van der Waals surface area contributed by atoms with E-state index in [2.05, 4.69) is 62.0 Å². The second kappa shape index (κ2) is 13.5. The van der Waals surface area contributed by atoms with Crippen molar-refractivity contribution in [1.82, 2.24) is 0 Å². The molecule has 0 aliphatic carbocycles. The van der Waals surface area contributed by atoms with Crippen LogP contribution in [-0.2, 0) is 22.4 Å². The zero-order valence-corrected chi connectivity index (χ0v) is 20.9. The van der Waals surface area contributed by atoms with Gasteiger partial charge in [0.15, 0.2) is 0 Å². The molecule has 0 amide bonds. The molecular formula is C31H36O4. The maximum absolute atomic E-state index is 11.6. The van der Waals surface area contributed by atoms with Crippen LogP contribution in [0.5, 0.6) is 5.75 Å². The molecule has 3 aromatic carbocycles. The summed E-state index contributed by atoms with van der Waals surface area (Å²) in [4.78, 5) is 11.6. The summed E-state index contributed by atoms with van der Waals surface area (Å²) in [6.07, 6.45) is 5.40. The van der Waals surface area contributed by atoms with E-state index in [0.717, 1.165) is 23.1 Å². The molecule has 184 valence electrons. The van der Waals surface area contributed by atoms with Crippen LogP contribution in [0.3, 0.4) is 0 Å². The minimum atomic E-state index is -0.427. The molecule has 0 aliphatic rings. The first kappa shape index (κ1) is 26.2. The Kier molecular flexibility index (Phi) is 10.1. The van der Waals surface area contributed by atoms with E-state index in [9.17, 15) is 9.90 Å². The first-order valence-corrected chi connectivity index (χ1v) is 12.4. The van der Waals surface area contributed by atoms with Gasteiger partial charge in [-0.05, 0) is 65.6 Å². The van der Waals surface area contributed by atoms with Gasteiger partial charge < -0.3 is 14.6 Å². The quantitative estimate of drug-likeness (QED) is 0.169. The topological polar surface area (TPSA) is 55.8 Å². The minimum absolute atomic E-state index is 0.0342. The summed E-state index contributed by atoms with van der Waals surface area (Å²) < 4.78 is 11.0. The van der Waals surface area contributed by atoms with E-state index < -0.39 is 5.97 Å². The van der Waals surface area contributed by atoms with Gasteiger partial charge in [0.25, 0.3) is 0 Å². The lowest BCUT2D eigenvalue weighted by atomic mass is 9.97. The van der Waals surface area contributed by atoms with Gasteiger partial charge in [-0.3, -0.25) is 0 Å². The third-order valence-corrected chi connectivity index (χ3v) is 5.95. The van der Waals surface area contributed by atoms with E-state index in [4.69, 9.17) is 9.47 Å². The maximum Gasteiger partial charge on any atom is 0.333 e. The second-order valence-corrected chi connectivity index (χ2v) is 8.79. The van der Waals surface area contributed by atoms with Crippen LogP contribution < -0.4 is 4.74 Å². The van der Waals surface area contributed by atoms with Crippen LogP contribution in [0.25, 0.3) is 22.3 Å². The van der Waals surface area contributed by atoms with Gasteiger partial charge in [0, 0.05) is 12.2 Å². The molecule has 0 fully saturated rings. The predicted molar refractivity (Wildman–Crippen MR) is 143 cm³/mol. The van der Waals surface area contributed by atoms with Gasteiger partial charge in [0.1, 0.15) is 19.0 Å². The zero-order chi connectivity index (χ0) is 25.0. The van der Waals surface area contributed by atoms with Crippen molar-refractivity contribution in [2.75, 3.05) is 19.8 Å². The van der Waals surface area contributed by atoms with Crippen molar-refractivity contribution in [2.24, 2.45) is 0 Å². The van der Waals surface area contributed by atoms with Crippen LogP contribution in [0, 0.1) is 0 Å². The van der Waals surface area contributed by atoms with Crippen molar-refractivity contribution in [3.8, 4) is 28.0 Å².